The molecule has 1 atom stereocenters. The number of piperidine rings is 1. The van der Waals surface area contributed by atoms with E-state index in [1.807, 2.05) is 4.90 Å². The third kappa shape index (κ3) is 3.71. The molecule has 0 spiro atoms. The van der Waals surface area contributed by atoms with Crippen LogP contribution in [0.3, 0.4) is 0 Å². The molecule has 0 radical (unpaired) electrons. The summed E-state index contributed by atoms with van der Waals surface area (Å²) in [7, 11) is 0. The molecule has 1 aliphatic heterocycles. The molecule has 1 heterocycles. The van der Waals surface area contributed by atoms with E-state index in [1.54, 1.807) is 6.92 Å². The fraction of sp³-hybridized carbons (Fsp3) is 0.933. The third-order valence-corrected chi connectivity index (χ3v) is 4.80. The maximum Gasteiger partial charge on any atom is 0.219 e. The van der Waals surface area contributed by atoms with Gasteiger partial charge in [0.25, 0.3) is 0 Å². The minimum absolute atomic E-state index is 0.230. The third-order valence-electron chi connectivity index (χ3n) is 4.80. The van der Waals surface area contributed by atoms with Crippen LogP contribution < -0.4 is 5.32 Å². The van der Waals surface area contributed by atoms with E-state index in [0.717, 1.165) is 31.8 Å². The van der Waals surface area contributed by atoms with Gasteiger partial charge >= 0.3 is 0 Å². The van der Waals surface area contributed by atoms with E-state index in [1.165, 1.54) is 32.1 Å². The van der Waals surface area contributed by atoms with Crippen molar-refractivity contribution in [3.63, 3.8) is 0 Å². The average Bonchev–Trinajstić information content (AvgIpc) is 2.40. The maximum absolute atomic E-state index is 11.3. The summed E-state index contributed by atoms with van der Waals surface area (Å²) in [4.78, 5) is 13.3. The van der Waals surface area contributed by atoms with E-state index in [9.17, 15) is 4.79 Å². The molecule has 1 amide bonds. The Morgan fingerprint density at radius 1 is 1.11 bits per heavy atom. The largest absolute Gasteiger partial charge is 0.343 e. The van der Waals surface area contributed by atoms with Crippen LogP contribution in [0.5, 0.6) is 0 Å². The molecule has 2 fully saturated rings. The highest BCUT2D eigenvalue weighted by Gasteiger charge is 2.25. The SMILES string of the molecule is CC(=O)N1CCC(N[C@H](C)C2CCCCC2)CC1. The smallest absolute Gasteiger partial charge is 0.219 e. The Morgan fingerprint density at radius 2 is 1.72 bits per heavy atom. The first-order valence-corrected chi connectivity index (χ1v) is 7.68. The highest BCUT2D eigenvalue weighted by atomic mass is 16.2. The second-order valence-electron chi connectivity index (χ2n) is 6.13. The summed E-state index contributed by atoms with van der Waals surface area (Å²) in [6.07, 6.45) is 9.31. The van der Waals surface area contributed by atoms with Crippen molar-refractivity contribution < 1.29 is 4.79 Å². The zero-order valence-corrected chi connectivity index (χ0v) is 12.0. The van der Waals surface area contributed by atoms with E-state index in [-0.39, 0.29) is 5.91 Å². The molecule has 2 rings (SSSR count). The highest BCUT2D eigenvalue weighted by Crippen LogP contribution is 2.27. The van der Waals surface area contributed by atoms with Crippen LogP contribution in [-0.4, -0.2) is 36.0 Å². The van der Waals surface area contributed by atoms with Gasteiger partial charge < -0.3 is 10.2 Å². The number of nitrogens with one attached hydrogen (secondary N) is 1. The maximum atomic E-state index is 11.3. The summed E-state index contributed by atoms with van der Waals surface area (Å²) in [5.74, 6) is 1.11. The van der Waals surface area contributed by atoms with E-state index in [2.05, 4.69) is 12.2 Å². The standard InChI is InChI=1S/C15H28N2O/c1-12(14-6-4-3-5-7-14)16-15-8-10-17(11-9-15)13(2)18/h12,14-16H,3-11H2,1-2H3/t12-/m1/s1. The van der Waals surface area contributed by atoms with Crippen LogP contribution in [0, 0.1) is 5.92 Å². The van der Waals surface area contributed by atoms with Crippen LogP contribution in [0.4, 0.5) is 0 Å². The first-order valence-electron chi connectivity index (χ1n) is 7.68. The molecule has 1 saturated carbocycles. The zero-order chi connectivity index (χ0) is 13.0. The fourth-order valence-corrected chi connectivity index (χ4v) is 3.50. The van der Waals surface area contributed by atoms with Crippen molar-refractivity contribution in [2.75, 3.05) is 13.1 Å². The number of rotatable bonds is 3. The molecule has 0 aromatic heterocycles. The average molecular weight is 252 g/mol. The summed E-state index contributed by atoms with van der Waals surface area (Å²) in [6, 6.07) is 1.27. The Morgan fingerprint density at radius 3 is 2.28 bits per heavy atom. The molecular formula is C15H28N2O. The lowest BCUT2D eigenvalue weighted by Crippen LogP contribution is -2.48. The summed E-state index contributed by atoms with van der Waals surface area (Å²) in [5, 5.41) is 3.81. The minimum atomic E-state index is 0.230. The Bertz CT molecular complexity index is 266. The fourth-order valence-electron chi connectivity index (χ4n) is 3.50. The molecule has 104 valence electrons. The van der Waals surface area contributed by atoms with Gasteiger partial charge in [0.15, 0.2) is 0 Å². The van der Waals surface area contributed by atoms with Gasteiger partial charge in [0.1, 0.15) is 0 Å². The van der Waals surface area contributed by atoms with Crippen LogP contribution in [-0.2, 0) is 4.79 Å². The van der Waals surface area contributed by atoms with Gasteiger partial charge in [-0.05, 0) is 38.5 Å². The second kappa shape index (κ2) is 6.55. The predicted molar refractivity (Wildman–Crippen MR) is 74.4 cm³/mol. The highest BCUT2D eigenvalue weighted by molar-refractivity contribution is 5.73. The molecule has 1 N–H and O–H groups in total. The molecule has 1 aliphatic carbocycles. The van der Waals surface area contributed by atoms with Crippen molar-refractivity contribution in [2.24, 2.45) is 5.92 Å². The zero-order valence-electron chi connectivity index (χ0n) is 12.0. The van der Waals surface area contributed by atoms with Gasteiger partial charge in [0, 0.05) is 32.1 Å². The molecule has 2 aliphatic rings. The lowest BCUT2D eigenvalue weighted by atomic mass is 9.84. The normalized spacial score (nSPS) is 25.1. The summed E-state index contributed by atoms with van der Waals surface area (Å²) >= 11 is 0. The summed E-state index contributed by atoms with van der Waals surface area (Å²) in [6.45, 7) is 5.90. The molecule has 3 nitrogen and oxygen atoms in total. The monoisotopic (exact) mass is 252 g/mol. The van der Waals surface area contributed by atoms with E-state index >= 15 is 0 Å². The number of nitrogens with zero attached hydrogens (tertiary/aromatic N) is 1. The molecule has 0 unspecified atom stereocenters. The lowest BCUT2D eigenvalue weighted by Gasteiger charge is -2.36. The van der Waals surface area contributed by atoms with Gasteiger partial charge in [-0.25, -0.2) is 0 Å². The lowest BCUT2D eigenvalue weighted by molar-refractivity contribution is -0.129. The van der Waals surface area contributed by atoms with Gasteiger partial charge in [0.2, 0.25) is 5.91 Å². The van der Waals surface area contributed by atoms with Crippen molar-refractivity contribution in [1.29, 1.82) is 0 Å². The van der Waals surface area contributed by atoms with Crippen LogP contribution >= 0.6 is 0 Å². The summed E-state index contributed by atoms with van der Waals surface area (Å²) < 4.78 is 0. The first kappa shape index (κ1) is 13.9. The van der Waals surface area contributed by atoms with Gasteiger partial charge in [0.05, 0.1) is 0 Å². The quantitative estimate of drug-likeness (QED) is 0.837. The second-order valence-corrected chi connectivity index (χ2v) is 6.13. The van der Waals surface area contributed by atoms with Crippen LogP contribution in [0.25, 0.3) is 0 Å². The number of carbonyl (C=O) groups is 1. The molecule has 18 heavy (non-hydrogen) atoms. The molecule has 0 bridgehead atoms. The predicted octanol–water partition coefficient (Wildman–Crippen LogP) is 2.56. The molecule has 1 saturated heterocycles. The number of carbonyl (C=O) groups excluding carboxylic acids is 1. The van der Waals surface area contributed by atoms with E-state index < -0.39 is 0 Å². The Kier molecular flexibility index (Phi) is 5.04. The summed E-state index contributed by atoms with van der Waals surface area (Å²) in [5.41, 5.74) is 0. The van der Waals surface area contributed by atoms with E-state index in [4.69, 9.17) is 0 Å². The van der Waals surface area contributed by atoms with Crippen molar-refractivity contribution in [3.05, 3.63) is 0 Å². The molecule has 0 aromatic rings. The molecule has 3 heteroatoms. The number of hydrogen-bond acceptors (Lipinski definition) is 2. The van der Waals surface area contributed by atoms with Crippen molar-refractivity contribution in [2.45, 2.75) is 70.9 Å². The Hall–Kier alpha value is -0.570. The van der Waals surface area contributed by atoms with Crippen LogP contribution in [0.2, 0.25) is 0 Å². The van der Waals surface area contributed by atoms with E-state index in [0.29, 0.717) is 12.1 Å². The molecule has 0 aromatic carbocycles. The van der Waals surface area contributed by atoms with Gasteiger partial charge in [-0.3, -0.25) is 4.79 Å². The Labute approximate surface area is 111 Å². The Balaban J connectivity index is 1.71. The topological polar surface area (TPSA) is 32.3 Å². The van der Waals surface area contributed by atoms with Gasteiger partial charge in [-0.2, -0.15) is 0 Å². The van der Waals surface area contributed by atoms with Gasteiger partial charge in [-0.15, -0.1) is 0 Å². The van der Waals surface area contributed by atoms with Crippen molar-refractivity contribution >= 4 is 5.91 Å². The first-order chi connectivity index (χ1) is 8.66. The number of hydrogen-bond donors (Lipinski definition) is 1. The minimum Gasteiger partial charge on any atom is -0.343 e. The van der Waals surface area contributed by atoms with Crippen LogP contribution in [0.1, 0.15) is 58.8 Å². The van der Waals surface area contributed by atoms with Crippen molar-refractivity contribution in [3.8, 4) is 0 Å². The number of likely N-dealkylation sites (tertiary alicyclic amines) is 1. The van der Waals surface area contributed by atoms with Gasteiger partial charge in [-0.1, -0.05) is 19.3 Å². The van der Waals surface area contributed by atoms with Crippen molar-refractivity contribution in [1.82, 2.24) is 10.2 Å². The molecular weight excluding hydrogens is 224 g/mol. The van der Waals surface area contributed by atoms with Crippen LogP contribution in [0.15, 0.2) is 0 Å². The number of amides is 1.